The Bertz CT molecular complexity index is 1610. The predicted octanol–water partition coefficient (Wildman–Crippen LogP) is 3.28. The highest BCUT2D eigenvalue weighted by molar-refractivity contribution is 6.35. The van der Waals surface area contributed by atoms with Crippen molar-refractivity contribution in [2.24, 2.45) is 0 Å². The van der Waals surface area contributed by atoms with Gasteiger partial charge in [-0.3, -0.25) is 14.5 Å². The summed E-state index contributed by atoms with van der Waals surface area (Å²) in [5.74, 6) is 0.980. The molecule has 5 rings (SSSR count). The van der Waals surface area contributed by atoms with Gasteiger partial charge in [-0.15, -0.1) is 5.10 Å². The Morgan fingerprint density at radius 3 is 2.80 bits per heavy atom. The molecule has 0 fully saturated rings. The molecule has 4 heterocycles. The van der Waals surface area contributed by atoms with Crippen LogP contribution in [0, 0.1) is 6.92 Å². The maximum atomic E-state index is 13.6. The number of rotatable bonds is 6. The first-order valence-corrected chi connectivity index (χ1v) is 10.9. The standard InChI is InChI=1S/C22H20ClN9O3/c1-10-7-15(29-28-10)32-14(8-12-5-4-6-13(23)16(12)21(32)33)11(2)27-19-17(18(24)25-9-26-19)20-30-31-22(34-3)35-20/h4-9,11H,1-3H3,(H,28,29)(H3,24,25,26,27)/t11-/m0/s1. The van der Waals surface area contributed by atoms with Crippen LogP contribution in [-0.4, -0.2) is 42.0 Å². The summed E-state index contributed by atoms with van der Waals surface area (Å²) in [6.45, 7) is 3.73. The molecular formula is C22H20ClN9O3. The molecule has 12 nitrogen and oxygen atoms in total. The van der Waals surface area contributed by atoms with Gasteiger partial charge in [0, 0.05) is 11.8 Å². The third-order valence-electron chi connectivity index (χ3n) is 5.41. The van der Waals surface area contributed by atoms with Gasteiger partial charge in [0.25, 0.3) is 11.4 Å². The van der Waals surface area contributed by atoms with Gasteiger partial charge in [-0.2, -0.15) is 5.10 Å². The van der Waals surface area contributed by atoms with E-state index in [9.17, 15) is 4.79 Å². The number of halogens is 1. The molecule has 0 aliphatic rings. The number of benzene rings is 1. The Labute approximate surface area is 203 Å². The van der Waals surface area contributed by atoms with Crippen LogP contribution in [0.25, 0.3) is 28.0 Å². The molecule has 5 aromatic rings. The van der Waals surface area contributed by atoms with Crippen molar-refractivity contribution in [2.45, 2.75) is 19.9 Å². The van der Waals surface area contributed by atoms with Crippen LogP contribution in [0.15, 0.2) is 45.9 Å². The number of aryl methyl sites for hydroxylation is 1. The van der Waals surface area contributed by atoms with Crippen molar-refractivity contribution in [1.82, 2.24) is 34.9 Å². The number of methoxy groups -OCH3 is 1. The van der Waals surface area contributed by atoms with Crippen molar-refractivity contribution in [3.63, 3.8) is 0 Å². The summed E-state index contributed by atoms with van der Waals surface area (Å²) < 4.78 is 12.0. The van der Waals surface area contributed by atoms with Gasteiger partial charge in [-0.1, -0.05) is 28.8 Å². The SMILES string of the molecule is COc1nnc(-c2c(N)ncnc2N[C@@H](C)c2cc3cccc(Cl)c3c(=O)n2-c2cc(C)[nH]n2)o1. The summed E-state index contributed by atoms with van der Waals surface area (Å²) in [5.41, 5.74) is 7.54. The number of nitrogen functional groups attached to an aromatic ring is 1. The number of ether oxygens (including phenoxy) is 1. The maximum Gasteiger partial charge on any atom is 0.414 e. The average Bonchev–Trinajstić information content (AvgIpc) is 3.48. The van der Waals surface area contributed by atoms with Crippen LogP contribution in [0.4, 0.5) is 11.6 Å². The zero-order valence-electron chi connectivity index (χ0n) is 18.9. The predicted molar refractivity (Wildman–Crippen MR) is 130 cm³/mol. The molecule has 4 N–H and O–H groups in total. The topological polar surface area (TPSA) is 163 Å². The smallest absolute Gasteiger partial charge is 0.414 e. The molecule has 1 atom stereocenters. The molecule has 13 heteroatoms. The van der Waals surface area contributed by atoms with Crippen LogP contribution >= 0.6 is 11.6 Å². The summed E-state index contributed by atoms with van der Waals surface area (Å²) in [5, 5.41) is 19.7. The van der Waals surface area contributed by atoms with Gasteiger partial charge in [-0.25, -0.2) is 9.97 Å². The van der Waals surface area contributed by atoms with Gasteiger partial charge >= 0.3 is 6.08 Å². The minimum Gasteiger partial charge on any atom is -0.452 e. The fraction of sp³-hybridized carbons (Fsp3) is 0.182. The summed E-state index contributed by atoms with van der Waals surface area (Å²) in [6.07, 6.45) is 1.28. The van der Waals surface area contributed by atoms with Crippen molar-refractivity contribution < 1.29 is 9.15 Å². The summed E-state index contributed by atoms with van der Waals surface area (Å²) >= 11 is 6.39. The number of nitrogens with zero attached hydrogens (tertiary/aromatic N) is 6. The van der Waals surface area contributed by atoms with Crippen LogP contribution in [0.2, 0.25) is 5.02 Å². The second kappa shape index (κ2) is 8.72. The van der Waals surface area contributed by atoms with E-state index in [1.807, 2.05) is 26.0 Å². The van der Waals surface area contributed by atoms with E-state index >= 15 is 0 Å². The third-order valence-corrected chi connectivity index (χ3v) is 5.73. The molecule has 0 unspecified atom stereocenters. The first kappa shape index (κ1) is 22.3. The number of pyridine rings is 1. The minimum atomic E-state index is -0.457. The van der Waals surface area contributed by atoms with Gasteiger partial charge in [-0.05, 0) is 31.4 Å². The van der Waals surface area contributed by atoms with Gasteiger partial charge in [0.2, 0.25) is 0 Å². The molecule has 0 spiro atoms. The number of aromatic amines is 1. The summed E-state index contributed by atoms with van der Waals surface area (Å²) in [6, 6.07) is 8.50. The van der Waals surface area contributed by atoms with Crippen molar-refractivity contribution >= 4 is 34.0 Å². The molecule has 4 aromatic heterocycles. The Hall–Kier alpha value is -4.45. The lowest BCUT2D eigenvalue weighted by molar-refractivity contribution is 0.293. The fourth-order valence-corrected chi connectivity index (χ4v) is 4.07. The summed E-state index contributed by atoms with van der Waals surface area (Å²) in [4.78, 5) is 22.0. The second-order valence-corrected chi connectivity index (χ2v) is 8.16. The number of H-pyrrole nitrogens is 1. The number of nitrogens with two attached hydrogens (primary N) is 1. The Morgan fingerprint density at radius 1 is 1.26 bits per heavy atom. The Kier molecular flexibility index (Phi) is 5.57. The zero-order chi connectivity index (χ0) is 24.7. The lowest BCUT2D eigenvalue weighted by atomic mass is 10.1. The van der Waals surface area contributed by atoms with E-state index in [0.717, 1.165) is 5.69 Å². The van der Waals surface area contributed by atoms with Crippen LogP contribution < -0.4 is 21.3 Å². The fourth-order valence-electron chi connectivity index (χ4n) is 3.80. The minimum absolute atomic E-state index is 0.0311. The van der Waals surface area contributed by atoms with Crippen LogP contribution in [0.3, 0.4) is 0 Å². The van der Waals surface area contributed by atoms with Crippen molar-refractivity contribution in [1.29, 1.82) is 0 Å². The second-order valence-electron chi connectivity index (χ2n) is 7.75. The number of hydrogen-bond donors (Lipinski definition) is 3. The van der Waals surface area contributed by atoms with Gasteiger partial charge < -0.3 is 20.2 Å². The highest BCUT2D eigenvalue weighted by Crippen LogP contribution is 2.33. The van der Waals surface area contributed by atoms with Crippen LogP contribution in [0.5, 0.6) is 6.08 Å². The summed E-state index contributed by atoms with van der Waals surface area (Å²) in [7, 11) is 1.41. The molecule has 1 aromatic carbocycles. The monoisotopic (exact) mass is 493 g/mol. The number of aromatic nitrogens is 7. The Balaban J connectivity index is 1.66. The highest BCUT2D eigenvalue weighted by Gasteiger charge is 2.23. The van der Waals surface area contributed by atoms with E-state index in [1.54, 1.807) is 18.2 Å². The largest absolute Gasteiger partial charge is 0.452 e. The molecule has 35 heavy (non-hydrogen) atoms. The Morgan fingerprint density at radius 2 is 2.09 bits per heavy atom. The van der Waals surface area contributed by atoms with Gasteiger partial charge in [0.15, 0.2) is 5.82 Å². The molecule has 0 aliphatic carbocycles. The van der Waals surface area contributed by atoms with Crippen LogP contribution in [-0.2, 0) is 0 Å². The molecule has 0 aliphatic heterocycles. The normalized spacial score (nSPS) is 12.1. The lowest BCUT2D eigenvalue weighted by Crippen LogP contribution is -2.26. The van der Waals surface area contributed by atoms with Crippen LogP contribution in [0.1, 0.15) is 24.4 Å². The van der Waals surface area contributed by atoms with Gasteiger partial charge in [0.05, 0.1) is 29.3 Å². The lowest BCUT2D eigenvalue weighted by Gasteiger charge is -2.21. The molecule has 0 bridgehead atoms. The van der Waals surface area contributed by atoms with Crippen molar-refractivity contribution in [3.8, 4) is 23.3 Å². The van der Waals surface area contributed by atoms with Crippen molar-refractivity contribution in [3.05, 3.63) is 63.4 Å². The van der Waals surface area contributed by atoms with E-state index in [0.29, 0.717) is 38.7 Å². The number of hydrogen-bond acceptors (Lipinski definition) is 10. The number of anilines is 2. The zero-order valence-corrected chi connectivity index (χ0v) is 19.7. The molecular weight excluding hydrogens is 474 g/mol. The third kappa shape index (κ3) is 3.93. The molecule has 0 saturated heterocycles. The quantitative estimate of drug-likeness (QED) is 0.320. The highest BCUT2D eigenvalue weighted by atomic mass is 35.5. The van der Waals surface area contributed by atoms with E-state index in [4.69, 9.17) is 26.5 Å². The van der Waals surface area contributed by atoms with E-state index in [1.165, 1.54) is 18.0 Å². The average molecular weight is 494 g/mol. The molecule has 0 radical (unpaired) electrons. The number of nitrogens with one attached hydrogen (secondary N) is 2. The molecule has 0 amide bonds. The van der Waals surface area contributed by atoms with E-state index < -0.39 is 6.04 Å². The van der Waals surface area contributed by atoms with Crippen molar-refractivity contribution in [2.75, 3.05) is 18.2 Å². The maximum absolute atomic E-state index is 13.6. The molecule has 178 valence electrons. The molecule has 0 saturated carbocycles. The first-order chi connectivity index (χ1) is 16.9. The first-order valence-electron chi connectivity index (χ1n) is 10.5. The number of fused-ring (bicyclic) bond motifs is 1. The van der Waals surface area contributed by atoms with E-state index in [-0.39, 0.29) is 23.3 Å². The van der Waals surface area contributed by atoms with E-state index in [2.05, 4.69) is 35.7 Å². The van der Waals surface area contributed by atoms with Gasteiger partial charge in [0.1, 0.15) is 23.5 Å².